The van der Waals surface area contributed by atoms with Gasteiger partial charge in [-0.15, -0.1) is 0 Å². The molecule has 0 fully saturated rings. The number of pyridine rings is 1. The van der Waals surface area contributed by atoms with Gasteiger partial charge in [0.05, 0.1) is 0 Å². The van der Waals surface area contributed by atoms with Crippen molar-refractivity contribution in [2.24, 2.45) is 0 Å². The van der Waals surface area contributed by atoms with Gasteiger partial charge in [-0.3, -0.25) is 0 Å². The van der Waals surface area contributed by atoms with Crippen LogP contribution in [-0.2, 0) is 0 Å². The van der Waals surface area contributed by atoms with Gasteiger partial charge >= 0.3 is 0 Å². The highest BCUT2D eigenvalue weighted by Crippen LogP contribution is 2.20. The molecule has 0 saturated heterocycles. The van der Waals surface area contributed by atoms with E-state index in [9.17, 15) is 0 Å². The molecule has 0 bridgehead atoms. The first-order valence-electron chi connectivity index (χ1n) is 7.28. The van der Waals surface area contributed by atoms with E-state index in [0.29, 0.717) is 0 Å². The quantitative estimate of drug-likeness (QED) is 0.663. The predicted octanol–water partition coefficient (Wildman–Crippen LogP) is 5.46. The Morgan fingerprint density at radius 1 is 1.33 bits per heavy atom. The Balaban J connectivity index is 2.03. The monoisotopic (exact) mass is 366 g/mol. The minimum absolute atomic E-state index is 0.832. The minimum Gasteiger partial charge on any atom is -0.356 e. The molecule has 21 heavy (non-hydrogen) atoms. The van der Waals surface area contributed by atoms with Crippen molar-refractivity contribution < 1.29 is 0 Å². The molecule has 0 aromatic carbocycles. The van der Waals surface area contributed by atoms with Crippen LogP contribution in [0.3, 0.4) is 0 Å². The van der Waals surface area contributed by atoms with Gasteiger partial charge in [-0.1, -0.05) is 36.8 Å². The van der Waals surface area contributed by atoms with Crippen LogP contribution in [0.1, 0.15) is 26.2 Å². The first-order valence-corrected chi connectivity index (χ1v) is 8.45. The number of hydrogen-bond acceptors (Lipinski definition) is 2. The summed E-state index contributed by atoms with van der Waals surface area (Å²) >= 11 is 9.57. The lowest BCUT2D eigenvalue weighted by atomic mass is 10.1. The Morgan fingerprint density at radius 3 is 2.90 bits per heavy atom. The van der Waals surface area contributed by atoms with Gasteiger partial charge in [0.25, 0.3) is 0 Å². The molecule has 1 aliphatic carbocycles. The molecule has 1 aliphatic rings. The topological polar surface area (TPSA) is 16.1 Å². The average molecular weight is 368 g/mol. The molecule has 2 rings (SSSR count). The standard InChI is InChI=1S/C17H20BrClN2/c1-2-10-21(17-8-7-15(18)13-20-17)11-9-14-5-3-4-6-16(19)12-14/h3,5-8,12-13H,2,4,9-11H2,1H3. The zero-order valence-electron chi connectivity index (χ0n) is 12.2. The number of allylic oxidation sites excluding steroid dienone is 5. The molecule has 4 heteroatoms. The van der Waals surface area contributed by atoms with E-state index in [0.717, 1.165) is 47.7 Å². The summed E-state index contributed by atoms with van der Waals surface area (Å²) in [6.07, 6.45) is 13.3. The second-order valence-corrected chi connectivity index (χ2v) is 6.37. The lowest BCUT2D eigenvalue weighted by Crippen LogP contribution is -2.26. The van der Waals surface area contributed by atoms with Crippen LogP contribution in [-0.4, -0.2) is 18.1 Å². The fourth-order valence-corrected chi connectivity index (χ4v) is 2.73. The summed E-state index contributed by atoms with van der Waals surface area (Å²) in [4.78, 5) is 6.82. The van der Waals surface area contributed by atoms with E-state index in [1.807, 2.05) is 18.3 Å². The van der Waals surface area contributed by atoms with Gasteiger partial charge in [0.15, 0.2) is 0 Å². The number of hydrogen-bond donors (Lipinski definition) is 0. The molecule has 1 aromatic rings. The smallest absolute Gasteiger partial charge is 0.128 e. The molecule has 0 saturated carbocycles. The first-order chi connectivity index (χ1) is 10.2. The first kappa shape index (κ1) is 16.3. The van der Waals surface area contributed by atoms with E-state index >= 15 is 0 Å². The van der Waals surface area contributed by atoms with Gasteiger partial charge in [0.1, 0.15) is 5.82 Å². The largest absolute Gasteiger partial charge is 0.356 e. The predicted molar refractivity (Wildman–Crippen MR) is 94.8 cm³/mol. The molecule has 0 atom stereocenters. The summed E-state index contributed by atoms with van der Waals surface area (Å²) in [7, 11) is 0. The number of halogens is 2. The highest BCUT2D eigenvalue weighted by Gasteiger charge is 2.08. The minimum atomic E-state index is 0.832. The second kappa shape index (κ2) is 8.40. The fourth-order valence-electron chi connectivity index (χ4n) is 2.27. The summed E-state index contributed by atoms with van der Waals surface area (Å²) in [5.74, 6) is 1.03. The molecule has 1 heterocycles. The van der Waals surface area contributed by atoms with Crippen LogP contribution in [0.4, 0.5) is 5.82 Å². The lowest BCUT2D eigenvalue weighted by molar-refractivity contribution is 0.746. The van der Waals surface area contributed by atoms with Crippen LogP contribution in [0.5, 0.6) is 0 Å². The summed E-state index contributed by atoms with van der Waals surface area (Å²) in [6.45, 7) is 4.15. The molecule has 2 nitrogen and oxygen atoms in total. The fraction of sp³-hybridized carbons (Fsp3) is 0.353. The maximum atomic E-state index is 6.14. The average Bonchev–Trinajstić information content (AvgIpc) is 2.69. The van der Waals surface area contributed by atoms with Gasteiger partial charge in [0, 0.05) is 28.8 Å². The summed E-state index contributed by atoms with van der Waals surface area (Å²) in [5.41, 5.74) is 1.27. The van der Waals surface area contributed by atoms with Gasteiger partial charge in [-0.25, -0.2) is 4.98 Å². The third-order valence-corrected chi connectivity index (χ3v) is 4.04. The molecule has 0 radical (unpaired) electrons. The SMILES string of the molecule is CCCN(CCC1=CC(Cl)=CCC=C1)c1ccc(Br)cn1. The highest BCUT2D eigenvalue weighted by atomic mass is 79.9. The Labute approximate surface area is 140 Å². The van der Waals surface area contributed by atoms with E-state index in [4.69, 9.17) is 11.6 Å². The zero-order chi connectivity index (χ0) is 15.1. The normalized spacial score (nSPS) is 14.4. The summed E-state index contributed by atoms with van der Waals surface area (Å²) in [6, 6.07) is 4.10. The molecule has 0 N–H and O–H groups in total. The van der Waals surface area contributed by atoms with E-state index in [-0.39, 0.29) is 0 Å². The molecule has 0 aliphatic heterocycles. The molecule has 0 unspecified atom stereocenters. The van der Waals surface area contributed by atoms with Crippen molar-refractivity contribution in [3.8, 4) is 0 Å². The van der Waals surface area contributed by atoms with Crippen LogP contribution >= 0.6 is 27.5 Å². The van der Waals surface area contributed by atoms with E-state index in [1.165, 1.54) is 5.57 Å². The summed E-state index contributed by atoms with van der Waals surface area (Å²) < 4.78 is 1.01. The van der Waals surface area contributed by atoms with Gasteiger partial charge in [-0.2, -0.15) is 0 Å². The van der Waals surface area contributed by atoms with Crippen molar-refractivity contribution in [3.63, 3.8) is 0 Å². The van der Waals surface area contributed by atoms with Crippen molar-refractivity contribution in [2.75, 3.05) is 18.0 Å². The number of anilines is 1. The van der Waals surface area contributed by atoms with Gasteiger partial charge in [0.2, 0.25) is 0 Å². The molecule has 1 aromatic heterocycles. The molecule has 0 spiro atoms. The van der Waals surface area contributed by atoms with E-state index in [2.05, 4.69) is 57.0 Å². The zero-order valence-corrected chi connectivity index (χ0v) is 14.6. The molecular weight excluding hydrogens is 348 g/mol. The van der Waals surface area contributed by atoms with Crippen molar-refractivity contribution in [2.45, 2.75) is 26.2 Å². The maximum Gasteiger partial charge on any atom is 0.128 e. The van der Waals surface area contributed by atoms with Crippen molar-refractivity contribution in [1.29, 1.82) is 0 Å². The molecule has 0 amide bonds. The Morgan fingerprint density at radius 2 is 2.19 bits per heavy atom. The van der Waals surface area contributed by atoms with Crippen LogP contribution in [0, 0.1) is 0 Å². The highest BCUT2D eigenvalue weighted by molar-refractivity contribution is 9.10. The number of rotatable bonds is 6. The Bertz CT molecular complexity index is 546. The van der Waals surface area contributed by atoms with Crippen molar-refractivity contribution >= 4 is 33.3 Å². The van der Waals surface area contributed by atoms with Gasteiger partial charge in [-0.05, 0) is 59.0 Å². The van der Waals surface area contributed by atoms with Crippen LogP contribution in [0.15, 0.2) is 57.7 Å². The van der Waals surface area contributed by atoms with Crippen LogP contribution in [0.25, 0.3) is 0 Å². The van der Waals surface area contributed by atoms with E-state index < -0.39 is 0 Å². The maximum absolute atomic E-state index is 6.14. The lowest BCUT2D eigenvalue weighted by Gasteiger charge is -2.23. The molecular formula is C17H20BrClN2. The molecule has 112 valence electrons. The third kappa shape index (κ3) is 5.33. The third-order valence-electron chi connectivity index (χ3n) is 3.30. The van der Waals surface area contributed by atoms with Gasteiger partial charge < -0.3 is 4.90 Å². The van der Waals surface area contributed by atoms with Crippen molar-refractivity contribution in [1.82, 2.24) is 4.98 Å². The second-order valence-electron chi connectivity index (χ2n) is 5.02. The van der Waals surface area contributed by atoms with Crippen LogP contribution < -0.4 is 4.90 Å². The summed E-state index contributed by atoms with van der Waals surface area (Å²) in [5, 5.41) is 0.832. The van der Waals surface area contributed by atoms with Crippen molar-refractivity contribution in [3.05, 3.63) is 57.7 Å². The number of nitrogens with zero attached hydrogens (tertiary/aromatic N) is 2. The number of aromatic nitrogens is 1. The Kier molecular flexibility index (Phi) is 6.52. The Hall–Kier alpha value is -1.06. The van der Waals surface area contributed by atoms with Crippen LogP contribution in [0.2, 0.25) is 0 Å². The van der Waals surface area contributed by atoms with E-state index in [1.54, 1.807) is 0 Å².